The van der Waals surface area contributed by atoms with Crippen LogP contribution in [0.5, 0.6) is 0 Å². The molecule has 2 atom stereocenters. The van der Waals surface area contributed by atoms with Crippen molar-refractivity contribution in [3.8, 4) is 0 Å². The highest BCUT2D eigenvalue weighted by molar-refractivity contribution is 5.78. The average molecular weight is 295 g/mol. The second-order valence-electron chi connectivity index (χ2n) is 4.93. The number of carbonyl (C=O) groups is 1. The minimum Gasteiger partial charge on any atom is -0.392 e. The lowest BCUT2D eigenvalue weighted by atomic mass is 9.96. The van der Waals surface area contributed by atoms with Crippen LogP contribution in [-0.4, -0.2) is 42.9 Å². The molecule has 0 radical (unpaired) electrons. The molecule has 5 nitrogen and oxygen atoms in total. The van der Waals surface area contributed by atoms with Crippen LogP contribution < -0.4 is 0 Å². The molecular weight excluding hydrogens is 270 g/mol. The first kappa shape index (κ1) is 17.6. The molecule has 0 unspecified atom stereocenters. The SMILES string of the molecule is CC[C@H](C(=O)N(C)OC)[C@H](O)CCOCc1ccccc1. The summed E-state index contributed by atoms with van der Waals surface area (Å²) in [6.45, 7) is 2.80. The molecular formula is C16H25NO4. The molecule has 1 rings (SSSR count). The van der Waals surface area contributed by atoms with E-state index in [-0.39, 0.29) is 5.91 Å². The maximum atomic E-state index is 12.0. The van der Waals surface area contributed by atoms with Gasteiger partial charge in [-0.1, -0.05) is 37.3 Å². The summed E-state index contributed by atoms with van der Waals surface area (Å²) in [6, 6.07) is 9.85. The minimum atomic E-state index is -0.726. The van der Waals surface area contributed by atoms with Gasteiger partial charge in [0.25, 0.3) is 5.91 Å². The first-order valence-corrected chi connectivity index (χ1v) is 7.21. The Morgan fingerprint density at radius 3 is 2.57 bits per heavy atom. The van der Waals surface area contributed by atoms with Crippen LogP contribution >= 0.6 is 0 Å². The Morgan fingerprint density at radius 2 is 2.00 bits per heavy atom. The van der Waals surface area contributed by atoms with Crippen LogP contribution in [0.4, 0.5) is 0 Å². The first-order valence-electron chi connectivity index (χ1n) is 7.21. The fraction of sp³-hybridized carbons (Fsp3) is 0.562. The second kappa shape index (κ2) is 9.50. The smallest absolute Gasteiger partial charge is 0.251 e. The highest BCUT2D eigenvalue weighted by atomic mass is 16.7. The van der Waals surface area contributed by atoms with Crippen molar-refractivity contribution in [3.05, 3.63) is 35.9 Å². The molecule has 0 aliphatic heterocycles. The lowest BCUT2D eigenvalue weighted by molar-refractivity contribution is -0.177. The van der Waals surface area contributed by atoms with Crippen molar-refractivity contribution in [3.63, 3.8) is 0 Å². The molecule has 21 heavy (non-hydrogen) atoms. The highest BCUT2D eigenvalue weighted by Crippen LogP contribution is 2.15. The highest BCUT2D eigenvalue weighted by Gasteiger charge is 2.27. The molecule has 0 saturated heterocycles. The number of nitrogens with zero attached hydrogens (tertiary/aromatic N) is 1. The van der Waals surface area contributed by atoms with Crippen LogP contribution in [0, 0.1) is 5.92 Å². The van der Waals surface area contributed by atoms with Crippen molar-refractivity contribution in [1.82, 2.24) is 5.06 Å². The molecule has 1 aromatic carbocycles. The predicted molar refractivity (Wildman–Crippen MR) is 80.3 cm³/mol. The molecule has 0 aliphatic carbocycles. The molecule has 1 aromatic rings. The van der Waals surface area contributed by atoms with Crippen LogP contribution in [0.1, 0.15) is 25.3 Å². The summed E-state index contributed by atoms with van der Waals surface area (Å²) in [5.41, 5.74) is 1.09. The number of aliphatic hydroxyl groups is 1. The predicted octanol–water partition coefficient (Wildman–Crippen LogP) is 2.00. The molecule has 0 bridgehead atoms. The van der Waals surface area contributed by atoms with Gasteiger partial charge in [-0.15, -0.1) is 0 Å². The maximum absolute atomic E-state index is 12.0. The van der Waals surface area contributed by atoms with Crippen molar-refractivity contribution in [2.45, 2.75) is 32.5 Å². The monoisotopic (exact) mass is 295 g/mol. The van der Waals surface area contributed by atoms with Gasteiger partial charge < -0.3 is 9.84 Å². The van der Waals surface area contributed by atoms with Gasteiger partial charge in [0.15, 0.2) is 0 Å². The van der Waals surface area contributed by atoms with Crippen LogP contribution in [0.3, 0.4) is 0 Å². The van der Waals surface area contributed by atoms with Gasteiger partial charge in [-0.05, 0) is 18.4 Å². The van der Waals surface area contributed by atoms with E-state index in [2.05, 4.69) is 0 Å². The van der Waals surface area contributed by atoms with E-state index in [0.717, 1.165) is 10.6 Å². The van der Waals surface area contributed by atoms with Crippen molar-refractivity contribution in [2.75, 3.05) is 20.8 Å². The Labute approximate surface area is 126 Å². The Morgan fingerprint density at radius 1 is 1.33 bits per heavy atom. The standard InChI is InChI=1S/C16H25NO4/c1-4-14(16(19)17(2)20-3)15(18)10-11-21-12-13-8-6-5-7-9-13/h5-9,14-15,18H,4,10-12H2,1-3H3/t14-,15+/m0/s1. The summed E-state index contributed by atoms with van der Waals surface area (Å²) < 4.78 is 5.54. The van der Waals surface area contributed by atoms with Gasteiger partial charge in [0.1, 0.15) is 0 Å². The van der Waals surface area contributed by atoms with Crippen molar-refractivity contribution >= 4 is 5.91 Å². The van der Waals surface area contributed by atoms with Crippen LogP contribution in [0.2, 0.25) is 0 Å². The molecule has 0 heterocycles. The third kappa shape index (κ3) is 5.83. The van der Waals surface area contributed by atoms with Gasteiger partial charge in [0.2, 0.25) is 0 Å². The van der Waals surface area contributed by atoms with E-state index < -0.39 is 12.0 Å². The number of carbonyl (C=O) groups excluding carboxylic acids is 1. The summed E-state index contributed by atoms with van der Waals surface area (Å²) >= 11 is 0. The third-order valence-electron chi connectivity index (χ3n) is 3.48. The number of amides is 1. The zero-order valence-electron chi connectivity index (χ0n) is 13.0. The Bertz CT molecular complexity index is 410. The van der Waals surface area contributed by atoms with Crippen LogP contribution in [0.25, 0.3) is 0 Å². The zero-order chi connectivity index (χ0) is 15.7. The summed E-state index contributed by atoms with van der Waals surface area (Å²) in [5, 5.41) is 11.3. The van der Waals surface area contributed by atoms with Crippen molar-refractivity contribution in [1.29, 1.82) is 0 Å². The lowest BCUT2D eigenvalue weighted by Gasteiger charge is -2.24. The van der Waals surface area contributed by atoms with Gasteiger partial charge in [0.05, 0.1) is 25.7 Å². The normalized spacial score (nSPS) is 13.7. The number of aliphatic hydroxyl groups excluding tert-OH is 1. The molecule has 0 aromatic heterocycles. The number of rotatable bonds is 9. The number of hydroxylamine groups is 2. The summed E-state index contributed by atoms with van der Waals surface area (Å²) in [4.78, 5) is 16.9. The van der Waals surface area contributed by atoms with Gasteiger partial charge in [-0.2, -0.15) is 0 Å². The molecule has 118 valence electrons. The van der Waals surface area contributed by atoms with Crippen LogP contribution in [0.15, 0.2) is 30.3 Å². The topological polar surface area (TPSA) is 59.0 Å². The number of ether oxygens (including phenoxy) is 1. The Kier molecular flexibility index (Phi) is 7.97. The number of benzene rings is 1. The maximum Gasteiger partial charge on any atom is 0.251 e. The molecule has 1 N–H and O–H groups in total. The molecule has 0 fully saturated rings. The third-order valence-corrected chi connectivity index (χ3v) is 3.48. The van der Waals surface area contributed by atoms with Crippen LogP contribution in [-0.2, 0) is 21.0 Å². The van der Waals surface area contributed by atoms with E-state index in [1.807, 2.05) is 37.3 Å². The molecule has 0 spiro atoms. The number of hydrogen-bond acceptors (Lipinski definition) is 4. The lowest BCUT2D eigenvalue weighted by Crippen LogP contribution is -2.38. The largest absolute Gasteiger partial charge is 0.392 e. The Hall–Kier alpha value is -1.43. The minimum absolute atomic E-state index is 0.212. The second-order valence-corrected chi connectivity index (χ2v) is 4.93. The summed E-state index contributed by atoms with van der Waals surface area (Å²) in [6.07, 6.45) is 0.261. The van der Waals surface area contributed by atoms with Gasteiger partial charge in [-0.3, -0.25) is 9.63 Å². The van der Waals surface area contributed by atoms with Crippen molar-refractivity contribution in [2.24, 2.45) is 5.92 Å². The first-order chi connectivity index (χ1) is 10.1. The average Bonchev–Trinajstić information content (AvgIpc) is 2.52. The van der Waals surface area contributed by atoms with Gasteiger partial charge in [0, 0.05) is 13.7 Å². The van der Waals surface area contributed by atoms with Gasteiger partial charge in [-0.25, -0.2) is 5.06 Å². The van der Waals surface area contributed by atoms with E-state index >= 15 is 0 Å². The van der Waals surface area contributed by atoms with E-state index in [4.69, 9.17) is 9.57 Å². The van der Waals surface area contributed by atoms with E-state index in [1.54, 1.807) is 7.05 Å². The fourth-order valence-corrected chi connectivity index (χ4v) is 2.10. The zero-order valence-corrected chi connectivity index (χ0v) is 13.0. The summed E-state index contributed by atoms with van der Waals surface area (Å²) in [7, 11) is 2.98. The van der Waals surface area contributed by atoms with E-state index in [1.165, 1.54) is 7.11 Å². The molecule has 5 heteroatoms. The van der Waals surface area contributed by atoms with Gasteiger partial charge >= 0.3 is 0 Å². The molecule has 0 saturated carbocycles. The Balaban J connectivity index is 2.34. The van der Waals surface area contributed by atoms with E-state index in [9.17, 15) is 9.90 Å². The summed E-state index contributed by atoms with van der Waals surface area (Å²) in [5.74, 6) is -0.675. The molecule has 1 amide bonds. The quantitative estimate of drug-likeness (QED) is 0.559. The number of hydrogen-bond donors (Lipinski definition) is 1. The fourth-order valence-electron chi connectivity index (χ4n) is 2.10. The molecule has 0 aliphatic rings. The van der Waals surface area contributed by atoms with E-state index in [0.29, 0.717) is 26.1 Å². The van der Waals surface area contributed by atoms with Crippen molar-refractivity contribution < 1.29 is 19.5 Å².